The molecular weight excluding hydrogens is 959 g/mol. The molecule has 0 saturated carbocycles. The zero-order chi connectivity index (χ0) is 56.2. The van der Waals surface area contributed by atoms with E-state index in [1.807, 2.05) is 21.1 Å². The van der Waals surface area contributed by atoms with Gasteiger partial charge in [0, 0.05) is 12.8 Å². The van der Waals surface area contributed by atoms with Crippen LogP contribution < -0.4 is 5.11 Å². The first-order valence-corrected chi connectivity index (χ1v) is 29.6. The van der Waals surface area contributed by atoms with Crippen molar-refractivity contribution in [2.75, 3.05) is 47.5 Å². The first-order chi connectivity index (χ1) is 37.6. The van der Waals surface area contributed by atoms with Gasteiger partial charge in [0.25, 0.3) is 0 Å². The number of esters is 2. The smallest absolute Gasteiger partial charge is 0.306 e. The predicted octanol–water partition coefficient (Wildman–Crippen LogP) is 16.4. The lowest BCUT2D eigenvalue weighted by Crippen LogP contribution is -2.44. The van der Waals surface area contributed by atoms with E-state index in [1.165, 1.54) is 12.8 Å². The Labute approximate surface area is 470 Å². The van der Waals surface area contributed by atoms with Gasteiger partial charge in [0.1, 0.15) is 13.2 Å². The van der Waals surface area contributed by atoms with E-state index in [1.54, 1.807) is 0 Å². The highest BCUT2D eigenvalue weighted by Gasteiger charge is 2.22. The number of carbonyl (C=O) groups excluding carboxylic acids is 3. The maximum atomic E-state index is 12.8. The molecule has 0 aliphatic rings. The minimum Gasteiger partial charge on any atom is -0.545 e. The quantitative estimate of drug-likeness (QED) is 0.0195. The van der Waals surface area contributed by atoms with E-state index in [4.69, 9.17) is 18.9 Å². The average Bonchev–Trinajstić information content (AvgIpc) is 3.40. The van der Waals surface area contributed by atoms with E-state index in [-0.39, 0.29) is 38.6 Å². The summed E-state index contributed by atoms with van der Waals surface area (Å²) in [5.41, 5.74) is 0. The third kappa shape index (κ3) is 58.4. The molecule has 2 atom stereocenters. The minimum absolute atomic E-state index is 0.133. The van der Waals surface area contributed by atoms with Gasteiger partial charge in [-0.05, 0) is 122 Å². The highest BCUT2D eigenvalue weighted by Crippen LogP contribution is 2.12. The van der Waals surface area contributed by atoms with Gasteiger partial charge in [0.05, 0.1) is 40.3 Å². The molecule has 0 bridgehead atoms. The van der Waals surface area contributed by atoms with Crippen LogP contribution in [0.3, 0.4) is 0 Å². The van der Waals surface area contributed by atoms with Gasteiger partial charge in [0.2, 0.25) is 0 Å². The van der Waals surface area contributed by atoms with Gasteiger partial charge in [-0.15, -0.1) is 0 Å². The van der Waals surface area contributed by atoms with Crippen LogP contribution in [0.5, 0.6) is 0 Å². The van der Waals surface area contributed by atoms with E-state index in [2.05, 4.69) is 172 Å². The molecule has 0 aliphatic carbocycles. The molecule has 0 spiro atoms. The number of nitrogens with zero attached hydrogens (tertiary/aromatic N) is 1. The summed E-state index contributed by atoms with van der Waals surface area (Å²) < 4.78 is 22.6. The van der Waals surface area contributed by atoms with Crippen molar-refractivity contribution in [3.05, 3.63) is 158 Å². The highest BCUT2D eigenvalue weighted by atomic mass is 16.7. The summed E-state index contributed by atoms with van der Waals surface area (Å²) in [7, 11) is 5.89. The fraction of sp³-hybridized carbons (Fsp3) is 0.574. The Hall–Kier alpha value is -5.09. The first-order valence-electron chi connectivity index (χ1n) is 29.6. The van der Waals surface area contributed by atoms with E-state index in [0.29, 0.717) is 17.4 Å². The van der Waals surface area contributed by atoms with Crippen LogP contribution in [-0.4, -0.2) is 82.3 Å². The van der Waals surface area contributed by atoms with Gasteiger partial charge in [-0.25, -0.2) is 0 Å². The normalized spacial score (nSPS) is 13.9. The molecule has 0 saturated heterocycles. The Morgan fingerprint density at radius 3 is 1.12 bits per heavy atom. The summed E-state index contributed by atoms with van der Waals surface area (Å²) in [4.78, 5) is 37.1. The highest BCUT2D eigenvalue weighted by molar-refractivity contribution is 5.70. The monoisotopic (exact) mass is 1070 g/mol. The second kappa shape index (κ2) is 57.1. The van der Waals surface area contributed by atoms with Crippen molar-refractivity contribution in [1.29, 1.82) is 0 Å². The Morgan fingerprint density at radius 1 is 0.403 bits per heavy atom. The SMILES string of the molecule is CC/C=C\C/C=C\C/C=C\C/C=C\C/C=C\C/C=C\C/C=C\C/C=C\C/C=C\C/C=C\C/C=C\C/C=C\CCCCCCC(=O)OC(COC(=O)CCCCCCC/C=C\CCCC)COC(OCC[N+](C)(C)C)C(=O)[O-]. The number of carboxylic acids is 1. The van der Waals surface area contributed by atoms with Crippen LogP contribution in [0.1, 0.15) is 194 Å². The van der Waals surface area contributed by atoms with E-state index in [9.17, 15) is 19.5 Å². The number of ether oxygens (including phenoxy) is 4. The number of hydrogen-bond donors (Lipinski definition) is 0. The van der Waals surface area contributed by atoms with Crippen LogP contribution in [0.25, 0.3) is 0 Å². The molecule has 0 radical (unpaired) electrons. The number of carboxylic acid groups (broad SMARTS) is 1. The van der Waals surface area contributed by atoms with Gasteiger partial charge in [0.15, 0.2) is 12.4 Å². The number of likely N-dealkylation sites (N-methyl/N-ethyl adjacent to an activating group) is 1. The Balaban J connectivity index is 4.22. The number of carbonyl (C=O) groups is 3. The van der Waals surface area contributed by atoms with Crippen LogP contribution in [-0.2, 0) is 33.3 Å². The molecular formula is C68H107NO8. The average molecular weight is 1070 g/mol. The van der Waals surface area contributed by atoms with E-state index >= 15 is 0 Å². The summed E-state index contributed by atoms with van der Waals surface area (Å²) in [6.45, 7) is 4.51. The molecule has 0 amide bonds. The van der Waals surface area contributed by atoms with Crippen molar-refractivity contribution in [2.24, 2.45) is 0 Å². The third-order valence-electron chi connectivity index (χ3n) is 11.8. The lowest BCUT2D eigenvalue weighted by atomic mass is 10.1. The summed E-state index contributed by atoms with van der Waals surface area (Å²) in [6.07, 6.45) is 81.7. The number of hydrogen-bond acceptors (Lipinski definition) is 8. The van der Waals surface area contributed by atoms with E-state index < -0.39 is 24.3 Å². The largest absolute Gasteiger partial charge is 0.545 e. The minimum atomic E-state index is -1.64. The molecule has 0 aromatic rings. The predicted molar refractivity (Wildman–Crippen MR) is 324 cm³/mol. The van der Waals surface area contributed by atoms with Crippen molar-refractivity contribution in [2.45, 2.75) is 206 Å². The van der Waals surface area contributed by atoms with Crippen LogP contribution in [0.4, 0.5) is 0 Å². The Morgan fingerprint density at radius 2 is 0.740 bits per heavy atom. The van der Waals surface area contributed by atoms with Crippen LogP contribution >= 0.6 is 0 Å². The maximum Gasteiger partial charge on any atom is 0.306 e. The summed E-state index contributed by atoms with van der Waals surface area (Å²) >= 11 is 0. The summed E-state index contributed by atoms with van der Waals surface area (Å²) in [6, 6.07) is 0. The van der Waals surface area contributed by atoms with Crippen molar-refractivity contribution < 1.29 is 42.9 Å². The molecule has 0 heterocycles. The fourth-order valence-corrected chi connectivity index (χ4v) is 7.20. The van der Waals surface area contributed by atoms with Gasteiger partial charge in [-0.2, -0.15) is 0 Å². The van der Waals surface area contributed by atoms with Crippen LogP contribution in [0, 0.1) is 0 Å². The standard InChI is InChI=1S/C68H107NO8/c1-6-8-10-12-14-16-18-19-20-21-22-23-24-25-26-27-28-29-30-31-32-33-34-35-36-37-38-39-40-41-42-43-44-45-46-47-49-51-53-55-57-59-66(71)77-64(63-76-68(67(72)73)74-61-60-69(3,4)5)62-75-65(70)58-56-54-52-50-48-17-15-13-11-9-7-2/h8,10,13-16,19-20,22-23,25-26,28-29,31-32,34-35,37-38,40-41,43-44,46-47,64,68H,6-7,9,11-12,17-18,21,24,27,30,33,36,39,42,45,48-63H2,1-5H3/b10-8-,15-13-,16-14-,20-19-,23-22-,26-25-,29-28-,32-31-,35-34-,38-37-,41-40-,44-43-,47-46-. The number of rotatable bonds is 52. The van der Waals surface area contributed by atoms with Gasteiger partial charge >= 0.3 is 11.9 Å². The second-order valence-corrected chi connectivity index (χ2v) is 20.2. The van der Waals surface area contributed by atoms with Crippen molar-refractivity contribution in [3.63, 3.8) is 0 Å². The number of allylic oxidation sites excluding steroid dienone is 26. The zero-order valence-electron chi connectivity index (χ0n) is 49.0. The van der Waals surface area contributed by atoms with Crippen LogP contribution in [0.2, 0.25) is 0 Å². The first kappa shape index (κ1) is 71.9. The molecule has 0 rings (SSSR count). The fourth-order valence-electron chi connectivity index (χ4n) is 7.20. The van der Waals surface area contributed by atoms with Crippen molar-refractivity contribution in [3.8, 4) is 0 Å². The molecule has 0 aromatic carbocycles. The lowest BCUT2D eigenvalue weighted by molar-refractivity contribution is -0.870. The molecule has 0 fully saturated rings. The van der Waals surface area contributed by atoms with Gasteiger partial charge in [-0.1, -0.05) is 217 Å². The number of aliphatic carboxylic acids is 1. The van der Waals surface area contributed by atoms with Gasteiger partial charge < -0.3 is 33.3 Å². The number of unbranched alkanes of at least 4 members (excludes halogenated alkanes) is 11. The summed E-state index contributed by atoms with van der Waals surface area (Å²) in [5, 5.41) is 11.7. The second-order valence-electron chi connectivity index (χ2n) is 20.2. The number of quaternary nitrogens is 1. The molecule has 2 unspecified atom stereocenters. The molecule has 77 heavy (non-hydrogen) atoms. The molecule has 9 heteroatoms. The molecule has 432 valence electrons. The summed E-state index contributed by atoms with van der Waals surface area (Å²) in [5.74, 6) is -2.35. The van der Waals surface area contributed by atoms with Crippen LogP contribution in [0.15, 0.2) is 158 Å². The lowest BCUT2D eigenvalue weighted by Gasteiger charge is -2.26. The zero-order valence-corrected chi connectivity index (χ0v) is 49.0. The van der Waals surface area contributed by atoms with Crippen molar-refractivity contribution in [1.82, 2.24) is 0 Å². The topological polar surface area (TPSA) is 111 Å². The van der Waals surface area contributed by atoms with E-state index in [0.717, 1.165) is 148 Å². The molecule has 0 N–H and O–H groups in total. The third-order valence-corrected chi connectivity index (χ3v) is 11.8. The van der Waals surface area contributed by atoms with Crippen molar-refractivity contribution >= 4 is 17.9 Å². The molecule has 9 nitrogen and oxygen atoms in total. The Bertz CT molecular complexity index is 1810. The molecule has 0 aromatic heterocycles. The Kier molecular flexibility index (Phi) is 53.3. The maximum absolute atomic E-state index is 12.8. The van der Waals surface area contributed by atoms with Gasteiger partial charge in [-0.3, -0.25) is 9.59 Å². The molecule has 0 aliphatic heterocycles.